The number of piperazine rings is 1. The molecule has 0 atom stereocenters. The van der Waals surface area contributed by atoms with Gasteiger partial charge in [-0.15, -0.1) is 0 Å². The van der Waals surface area contributed by atoms with Crippen molar-refractivity contribution in [2.24, 2.45) is 0 Å². The molecule has 0 radical (unpaired) electrons. The molecule has 3 nitrogen and oxygen atoms in total. The molecule has 1 saturated heterocycles. The van der Waals surface area contributed by atoms with Crippen LogP contribution in [0.15, 0.2) is 28.7 Å². The van der Waals surface area contributed by atoms with Crippen LogP contribution in [0, 0.1) is 5.82 Å². The van der Waals surface area contributed by atoms with Gasteiger partial charge in [-0.25, -0.2) is 4.39 Å². The SMILES string of the molecule is CCN1CCN(C(=O)/C=C/c2cc(Br)ccc2F)CC1. The standard InChI is InChI=1S/C15H18BrFN2O/c1-2-18-7-9-19(10-8-18)15(20)6-3-12-11-13(16)4-5-14(12)17/h3-6,11H,2,7-10H2,1H3/b6-3+. The molecule has 0 bridgehead atoms. The molecule has 1 aliphatic heterocycles. The van der Waals surface area contributed by atoms with Gasteiger partial charge in [-0.1, -0.05) is 22.9 Å². The lowest BCUT2D eigenvalue weighted by Gasteiger charge is -2.33. The van der Waals surface area contributed by atoms with Gasteiger partial charge in [-0.3, -0.25) is 4.79 Å². The van der Waals surface area contributed by atoms with Crippen LogP contribution < -0.4 is 0 Å². The monoisotopic (exact) mass is 340 g/mol. The summed E-state index contributed by atoms with van der Waals surface area (Å²) in [6.07, 6.45) is 2.99. The normalized spacial score (nSPS) is 16.9. The summed E-state index contributed by atoms with van der Waals surface area (Å²) in [6.45, 7) is 6.41. The number of benzene rings is 1. The summed E-state index contributed by atoms with van der Waals surface area (Å²) in [5.41, 5.74) is 0.417. The number of halogens is 2. The maximum absolute atomic E-state index is 13.6. The van der Waals surface area contributed by atoms with E-state index in [0.717, 1.165) is 37.2 Å². The van der Waals surface area contributed by atoms with Crippen molar-refractivity contribution < 1.29 is 9.18 Å². The zero-order chi connectivity index (χ0) is 14.5. The van der Waals surface area contributed by atoms with Crippen molar-refractivity contribution in [3.8, 4) is 0 Å². The Morgan fingerprint density at radius 1 is 1.35 bits per heavy atom. The van der Waals surface area contributed by atoms with Gasteiger partial charge < -0.3 is 9.80 Å². The molecule has 1 heterocycles. The van der Waals surface area contributed by atoms with E-state index in [9.17, 15) is 9.18 Å². The van der Waals surface area contributed by atoms with E-state index in [1.165, 1.54) is 18.2 Å². The molecule has 0 N–H and O–H groups in total. The van der Waals surface area contributed by atoms with E-state index in [1.807, 2.05) is 0 Å². The number of amides is 1. The zero-order valence-corrected chi connectivity index (χ0v) is 13.1. The molecule has 0 saturated carbocycles. The molecule has 20 heavy (non-hydrogen) atoms. The quantitative estimate of drug-likeness (QED) is 0.790. The first-order valence-electron chi connectivity index (χ1n) is 6.74. The molecule has 0 unspecified atom stereocenters. The number of carbonyl (C=O) groups is 1. The van der Waals surface area contributed by atoms with Gasteiger partial charge in [0.25, 0.3) is 0 Å². The third kappa shape index (κ3) is 3.90. The van der Waals surface area contributed by atoms with E-state index in [0.29, 0.717) is 5.56 Å². The summed E-state index contributed by atoms with van der Waals surface area (Å²) in [7, 11) is 0. The predicted molar refractivity (Wildman–Crippen MR) is 81.8 cm³/mol. The Labute approximate surface area is 127 Å². The summed E-state index contributed by atoms with van der Waals surface area (Å²) in [5.74, 6) is -0.381. The van der Waals surface area contributed by atoms with Crippen LogP contribution in [0.4, 0.5) is 4.39 Å². The fraction of sp³-hybridized carbons (Fsp3) is 0.400. The zero-order valence-electron chi connectivity index (χ0n) is 11.5. The minimum atomic E-state index is -0.326. The molecular weight excluding hydrogens is 323 g/mol. The van der Waals surface area contributed by atoms with Crippen molar-refractivity contribution in [2.75, 3.05) is 32.7 Å². The van der Waals surface area contributed by atoms with Crippen LogP contribution in [0.5, 0.6) is 0 Å². The average Bonchev–Trinajstić information content (AvgIpc) is 2.48. The third-order valence-electron chi connectivity index (χ3n) is 3.49. The summed E-state index contributed by atoms with van der Waals surface area (Å²) in [4.78, 5) is 16.2. The molecule has 2 rings (SSSR count). The van der Waals surface area contributed by atoms with Crippen LogP contribution in [-0.2, 0) is 4.79 Å². The van der Waals surface area contributed by atoms with Crippen LogP contribution >= 0.6 is 15.9 Å². The van der Waals surface area contributed by atoms with E-state index in [2.05, 4.69) is 27.8 Å². The van der Waals surface area contributed by atoms with Crippen LogP contribution in [0.2, 0.25) is 0 Å². The molecule has 1 aromatic rings. The first-order chi connectivity index (χ1) is 9.60. The topological polar surface area (TPSA) is 23.6 Å². The van der Waals surface area contributed by atoms with Crippen molar-refractivity contribution in [3.63, 3.8) is 0 Å². The Bertz CT molecular complexity index is 511. The van der Waals surface area contributed by atoms with Gasteiger partial charge in [-0.2, -0.15) is 0 Å². The Kier molecular flexibility index (Phi) is 5.31. The molecule has 108 valence electrons. The van der Waals surface area contributed by atoms with Gasteiger partial charge in [0, 0.05) is 42.3 Å². The number of hydrogen-bond acceptors (Lipinski definition) is 2. The lowest BCUT2D eigenvalue weighted by atomic mass is 10.2. The molecule has 0 spiro atoms. The number of nitrogens with zero attached hydrogens (tertiary/aromatic N) is 2. The average molecular weight is 341 g/mol. The largest absolute Gasteiger partial charge is 0.337 e. The highest BCUT2D eigenvalue weighted by molar-refractivity contribution is 9.10. The second-order valence-electron chi connectivity index (χ2n) is 4.76. The summed E-state index contributed by atoms with van der Waals surface area (Å²) in [5, 5.41) is 0. The molecule has 1 aliphatic rings. The second kappa shape index (κ2) is 6.99. The summed E-state index contributed by atoms with van der Waals surface area (Å²) >= 11 is 3.29. The van der Waals surface area contributed by atoms with Gasteiger partial charge in [0.15, 0.2) is 0 Å². The van der Waals surface area contributed by atoms with E-state index in [4.69, 9.17) is 0 Å². The molecular formula is C15H18BrFN2O. The molecule has 1 amide bonds. The Balaban J connectivity index is 1.97. The van der Waals surface area contributed by atoms with Crippen molar-refractivity contribution in [3.05, 3.63) is 40.1 Å². The van der Waals surface area contributed by atoms with E-state index in [-0.39, 0.29) is 11.7 Å². The van der Waals surface area contributed by atoms with Crippen LogP contribution in [0.3, 0.4) is 0 Å². The maximum atomic E-state index is 13.6. The van der Waals surface area contributed by atoms with Gasteiger partial charge in [0.05, 0.1) is 0 Å². The Morgan fingerprint density at radius 3 is 2.70 bits per heavy atom. The molecule has 1 aromatic carbocycles. The van der Waals surface area contributed by atoms with Gasteiger partial charge in [-0.05, 0) is 30.8 Å². The molecule has 1 fully saturated rings. The van der Waals surface area contributed by atoms with Crippen molar-refractivity contribution in [2.45, 2.75) is 6.92 Å². The highest BCUT2D eigenvalue weighted by atomic mass is 79.9. The minimum absolute atomic E-state index is 0.0554. The number of rotatable bonds is 3. The molecule has 0 aromatic heterocycles. The second-order valence-corrected chi connectivity index (χ2v) is 5.67. The maximum Gasteiger partial charge on any atom is 0.246 e. The fourth-order valence-corrected chi connectivity index (χ4v) is 2.57. The summed E-state index contributed by atoms with van der Waals surface area (Å²) in [6, 6.07) is 4.68. The van der Waals surface area contributed by atoms with Crippen LogP contribution in [-0.4, -0.2) is 48.4 Å². The van der Waals surface area contributed by atoms with Crippen molar-refractivity contribution >= 4 is 27.9 Å². The summed E-state index contributed by atoms with van der Waals surface area (Å²) < 4.78 is 14.3. The first-order valence-corrected chi connectivity index (χ1v) is 7.54. The van der Waals surface area contributed by atoms with Crippen molar-refractivity contribution in [1.29, 1.82) is 0 Å². The van der Waals surface area contributed by atoms with Crippen molar-refractivity contribution in [1.82, 2.24) is 9.80 Å². The third-order valence-corrected chi connectivity index (χ3v) is 3.99. The van der Waals surface area contributed by atoms with Gasteiger partial charge >= 0.3 is 0 Å². The fourth-order valence-electron chi connectivity index (χ4n) is 2.19. The van der Waals surface area contributed by atoms with Gasteiger partial charge in [0.1, 0.15) is 5.82 Å². The Hall–Kier alpha value is -1.20. The Morgan fingerprint density at radius 2 is 2.05 bits per heavy atom. The molecule has 5 heteroatoms. The smallest absolute Gasteiger partial charge is 0.246 e. The lowest BCUT2D eigenvalue weighted by molar-refractivity contribution is -0.127. The van der Waals surface area contributed by atoms with E-state index in [1.54, 1.807) is 17.0 Å². The highest BCUT2D eigenvalue weighted by Gasteiger charge is 2.18. The van der Waals surface area contributed by atoms with Crippen LogP contribution in [0.1, 0.15) is 12.5 Å². The van der Waals surface area contributed by atoms with E-state index >= 15 is 0 Å². The first kappa shape index (κ1) is 15.2. The van der Waals surface area contributed by atoms with Crippen LogP contribution in [0.25, 0.3) is 6.08 Å². The number of likely N-dealkylation sites (N-methyl/N-ethyl adjacent to an activating group) is 1. The number of hydrogen-bond donors (Lipinski definition) is 0. The van der Waals surface area contributed by atoms with E-state index < -0.39 is 0 Å². The highest BCUT2D eigenvalue weighted by Crippen LogP contribution is 2.17. The predicted octanol–water partition coefficient (Wildman–Crippen LogP) is 2.77. The molecule has 0 aliphatic carbocycles. The minimum Gasteiger partial charge on any atom is -0.337 e. The lowest BCUT2D eigenvalue weighted by Crippen LogP contribution is -2.48. The van der Waals surface area contributed by atoms with Gasteiger partial charge in [0.2, 0.25) is 5.91 Å². The number of carbonyl (C=O) groups excluding carboxylic acids is 1.